The van der Waals surface area contributed by atoms with Gasteiger partial charge in [0.2, 0.25) is 0 Å². The molecule has 1 saturated heterocycles. The summed E-state index contributed by atoms with van der Waals surface area (Å²) in [5.74, 6) is 0.976. The molecular weight excluding hydrogens is 293 g/mol. The fourth-order valence-electron chi connectivity index (χ4n) is 3.54. The van der Waals surface area contributed by atoms with Crippen molar-refractivity contribution in [3.63, 3.8) is 0 Å². The minimum absolute atomic E-state index is 0.0255. The lowest BCUT2D eigenvalue weighted by Crippen LogP contribution is -2.37. The molecule has 108 valence electrons. The Morgan fingerprint density at radius 1 is 1.20 bits per heavy atom. The first-order valence-corrected chi connectivity index (χ1v) is 8.12. The first kappa shape index (κ1) is 14.4. The first-order valence-electron chi connectivity index (χ1n) is 7.36. The third-order valence-electron chi connectivity index (χ3n) is 4.61. The molecule has 3 unspecified atom stereocenters. The van der Waals surface area contributed by atoms with Crippen LogP contribution in [0.3, 0.4) is 0 Å². The van der Waals surface area contributed by atoms with Crippen molar-refractivity contribution in [1.82, 2.24) is 5.32 Å². The Labute approximate surface area is 129 Å². The molecule has 3 rings (SSSR count). The van der Waals surface area contributed by atoms with Crippen LogP contribution >= 0.6 is 23.2 Å². The molecule has 1 N–H and O–H groups in total. The van der Waals surface area contributed by atoms with Gasteiger partial charge in [0.15, 0.2) is 5.78 Å². The van der Waals surface area contributed by atoms with Gasteiger partial charge in [-0.3, -0.25) is 4.79 Å². The number of Topliss-reactive ketones (excluding diaryl/α,β-unsaturated/α-hetero) is 1. The summed E-state index contributed by atoms with van der Waals surface area (Å²) in [7, 11) is 0. The molecule has 2 aliphatic rings. The van der Waals surface area contributed by atoms with Crippen LogP contribution in [0.5, 0.6) is 0 Å². The molecule has 1 aromatic rings. The Hall–Kier alpha value is -0.570. The lowest BCUT2D eigenvalue weighted by atomic mass is 9.84. The number of ketones is 1. The molecule has 0 amide bonds. The lowest BCUT2D eigenvalue weighted by Gasteiger charge is -2.24. The van der Waals surface area contributed by atoms with Gasteiger partial charge in [-0.1, -0.05) is 42.1 Å². The van der Waals surface area contributed by atoms with Gasteiger partial charge < -0.3 is 5.32 Å². The molecule has 2 nitrogen and oxygen atoms in total. The predicted molar refractivity (Wildman–Crippen MR) is 82.5 cm³/mol. The number of fused-ring (bicyclic) bond motifs is 1. The quantitative estimate of drug-likeness (QED) is 0.913. The molecule has 1 heterocycles. The Balaban J connectivity index is 1.63. The molecule has 2 fully saturated rings. The molecule has 1 aromatic carbocycles. The van der Waals surface area contributed by atoms with Gasteiger partial charge in [-0.2, -0.15) is 0 Å². The largest absolute Gasteiger partial charge is 0.304 e. The van der Waals surface area contributed by atoms with Crippen molar-refractivity contribution in [3.8, 4) is 0 Å². The van der Waals surface area contributed by atoms with Crippen molar-refractivity contribution < 1.29 is 4.79 Å². The second-order valence-electron chi connectivity index (χ2n) is 6.00. The summed E-state index contributed by atoms with van der Waals surface area (Å²) < 4.78 is 0. The predicted octanol–water partition coefficient (Wildman–Crippen LogP) is 4.03. The van der Waals surface area contributed by atoms with Gasteiger partial charge >= 0.3 is 0 Å². The van der Waals surface area contributed by atoms with E-state index in [-0.39, 0.29) is 11.8 Å². The van der Waals surface area contributed by atoms with E-state index >= 15 is 0 Å². The number of halogens is 2. The highest BCUT2D eigenvalue weighted by Gasteiger charge is 2.37. The number of benzene rings is 1. The highest BCUT2D eigenvalue weighted by molar-refractivity contribution is 6.42. The van der Waals surface area contributed by atoms with Crippen LogP contribution < -0.4 is 5.32 Å². The Morgan fingerprint density at radius 2 is 2.00 bits per heavy atom. The van der Waals surface area contributed by atoms with E-state index in [2.05, 4.69) is 5.32 Å². The average molecular weight is 312 g/mol. The van der Waals surface area contributed by atoms with E-state index in [0.29, 0.717) is 28.4 Å². The minimum atomic E-state index is 0.0255. The summed E-state index contributed by atoms with van der Waals surface area (Å²) >= 11 is 11.9. The average Bonchev–Trinajstić information content (AvgIpc) is 2.87. The van der Waals surface area contributed by atoms with Crippen LogP contribution in [0.15, 0.2) is 18.2 Å². The van der Waals surface area contributed by atoms with Gasteiger partial charge in [0.1, 0.15) is 0 Å². The highest BCUT2D eigenvalue weighted by Crippen LogP contribution is 2.33. The Morgan fingerprint density at radius 3 is 2.75 bits per heavy atom. The molecule has 1 aliphatic heterocycles. The van der Waals surface area contributed by atoms with Gasteiger partial charge in [0.25, 0.3) is 0 Å². The Bertz CT molecular complexity index is 503. The van der Waals surface area contributed by atoms with Crippen molar-refractivity contribution in [2.45, 2.75) is 50.6 Å². The second kappa shape index (κ2) is 6.05. The molecule has 0 radical (unpaired) electrons. The number of carbonyl (C=O) groups excluding carboxylic acids is 1. The summed E-state index contributed by atoms with van der Waals surface area (Å²) in [6, 6.07) is 6.02. The summed E-state index contributed by atoms with van der Waals surface area (Å²) in [4.78, 5) is 12.4. The van der Waals surface area contributed by atoms with E-state index in [1.165, 1.54) is 25.7 Å². The maximum atomic E-state index is 12.4. The van der Waals surface area contributed by atoms with E-state index in [0.717, 1.165) is 12.0 Å². The maximum absolute atomic E-state index is 12.4. The number of carbonyl (C=O) groups is 1. The van der Waals surface area contributed by atoms with Gasteiger partial charge in [-0.25, -0.2) is 0 Å². The SMILES string of the molecule is O=C(Cc1ccc(Cl)c(Cl)c1)C1CC2CCCCC2N1. The molecule has 1 aliphatic carbocycles. The van der Waals surface area contributed by atoms with E-state index in [1.54, 1.807) is 12.1 Å². The maximum Gasteiger partial charge on any atom is 0.154 e. The van der Waals surface area contributed by atoms with Crippen molar-refractivity contribution >= 4 is 29.0 Å². The van der Waals surface area contributed by atoms with E-state index in [9.17, 15) is 4.79 Å². The third-order valence-corrected chi connectivity index (χ3v) is 5.35. The summed E-state index contributed by atoms with van der Waals surface area (Å²) in [5.41, 5.74) is 0.945. The van der Waals surface area contributed by atoms with E-state index < -0.39 is 0 Å². The fraction of sp³-hybridized carbons (Fsp3) is 0.562. The summed E-state index contributed by atoms with van der Waals surface area (Å²) in [6.45, 7) is 0. The lowest BCUT2D eigenvalue weighted by molar-refractivity contribution is -0.120. The molecule has 3 atom stereocenters. The summed E-state index contributed by atoms with van der Waals surface area (Å²) in [5, 5.41) is 4.58. The molecule has 1 saturated carbocycles. The standard InChI is InChI=1S/C16H19Cl2NO/c17-12-6-5-10(7-13(12)18)8-16(20)15-9-11-3-1-2-4-14(11)19-15/h5-7,11,14-15,19H,1-4,8-9H2. The zero-order valence-corrected chi connectivity index (χ0v) is 12.9. The van der Waals surface area contributed by atoms with Crippen LogP contribution in [-0.2, 0) is 11.2 Å². The zero-order chi connectivity index (χ0) is 14.1. The normalized spacial score (nSPS) is 29.2. The molecule has 0 aromatic heterocycles. The van der Waals surface area contributed by atoms with Crippen molar-refractivity contribution in [2.24, 2.45) is 5.92 Å². The fourth-order valence-corrected chi connectivity index (χ4v) is 3.86. The van der Waals surface area contributed by atoms with Crippen LogP contribution in [0.1, 0.15) is 37.7 Å². The number of nitrogens with one attached hydrogen (secondary N) is 1. The van der Waals surface area contributed by atoms with Crippen molar-refractivity contribution in [1.29, 1.82) is 0 Å². The van der Waals surface area contributed by atoms with Gasteiger partial charge in [0.05, 0.1) is 16.1 Å². The zero-order valence-electron chi connectivity index (χ0n) is 11.4. The topological polar surface area (TPSA) is 29.1 Å². The second-order valence-corrected chi connectivity index (χ2v) is 6.81. The van der Waals surface area contributed by atoms with Gasteiger partial charge in [-0.15, -0.1) is 0 Å². The minimum Gasteiger partial charge on any atom is -0.304 e. The van der Waals surface area contributed by atoms with Crippen molar-refractivity contribution in [2.75, 3.05) is 0 Å². The van der Waals surface area contributed by atoms with Gasteiger partial charge in [-0.05, 0) is 42.9 Å². The van der Waals surface area contributed by atoms with E-state index in [1.807, 2.05) is 6.07 Å². The molecule has 4 heteroatoms. The number of hydrogen-bond acceptors (Lipinski definition) is 2. The molecule has 20 heavy (non-hydrogen) atoms. The van der Waals surface area contributed by atoms with Crippen LogP contribution in [0.25, 0.3) is 0 Å². The Kier molecular flexibility index (Phi) is 4.34. The van der Waals surface area contributed by atoms with Crippen LogP contribution in [0.2, 0.25) is 10.0 Å². The molecule has 0 bridgehead atoms. The monoisotopic (exact) mass is 311 g/mol. The van der Waals surface area contributed by atoms with Crippen LogP contribution in [0, 0.1) is 5.92 Å². The smallest absolute Gasteiger partial charge is 0.154 e. The number of hydrogen-bond donors (Lipinski definition) is 1. The number of rotatable bonds is 3. The highest BCUT2D eigenvalue weighted by atomic mass is 35.5. The molecular formula is C16H19Cl2NO. The summed E-state index contributed by atoms with van der Waals surface area (Å²) in [6.07, 6.45) is 6.55. The van der Waals surface area contributed by atoms with Crippen LogP contribution in [-0.4, -0.2) is 17.9 Å². The van der Waals surface area contributed by atoms with Crippen LogP contribution in [0.4, 0.5) is 0 Å². The first-order chi connectivity index (χ1) is 9.63. The van der Waals surface area contributed by atoms with Crippen molar-refractivity contribution in [3.05, 3.63) is 33.8 Å². The third kappa shape index (κ3) is 3.03. The van der Waals surface area contributed by atoms with Gasteiger partial charge in [0, 0.05) is 12.5 Å². The van der Waals surface area contributed by atoms with E-state index in [4.69, 9.17) is 23.2 Å². The molecule has 0 spiro atoms.